The fourth-order valence-electron chi connectivity index (χ4n) is 3.58. The Morgan fingerprint density at radius 3 is 2.09 bits per heavy atom. The zero-order chi connectivity index (χ0) is 23.4. The number of amides is 1. The molecule has 0 aliphatic carbocycles. The Balaban J connectivity index is 1.85. The van der Waals surface area contributed by atoms with Crippen molar-refractivity contribution < 1.29 is 23.7 Å². The van der Waals surface area contributed by atoms with Gasteiger partial charge in [0, 0.05) is 11.6 Å². The van der Waals surface area contributed by atoms with Gasteiger partial charge >= 0.3 is 0 Å². The topological polar surface area (TPSA) is 69.6 Å². The minimum atomic E-state index is -0.265. The third-order valence-electron chi connectivity index (χ3n) is 5.27. The van der Waals surface area contributed by atoms with E-state index in [4.69, 9.17) is 23.9 Å². The Morgan fingerprint density at radius 1 is 0.758 bits per heavy atom. The molecule has 3 aromatic rings. The molecule has 0 unspecified atom stereocenters. The number of methoxy groups -OCH3 is 4. The number of amidine groups is 1. The van der Waals surface area contributed by atoms with Crippen molar-refractivity contribution in [1.29, 1.82) is 0 Å². The van der Waals surface area contributed by atoms with Gasteiger partial charge in [-0.25, -0.2) is 4.99 Å². The molecule has 1 heterocycles. The first-order valence-electron chi connectivity index (χ1n) is 10.2. The van der Waals surface area contributed by atoms with Gasteiger partial charge in [-0.3, -0.25) is 9.69 Å². The van der Waals surface area contributed by atoms with Gasteiger partial charge in [-0.2, -0.15) is 0 Å². The lowest BCUT2D eigenvalue weighted by molar-refractivity contribution is -0.113. The summed E-state index contributed by atoms with van der Waals surface area (Å²) in [5, 5.41) is 0. The predicted molar refractivity (Wildman–Crippen MR) is 128 cm³/mol. The number of nitrogens with zero attached hydrogens (tertiary/aromatic N) is 2. The van der Waals surface area contributed by atoms with Crippen LogP contribution in [0.25, 0.3) is 6.08 Å². The van der Waals surface area contributed by atoms with Crippen LogP contribution in [0.15, 0.2) is 77.4 Å². The van der Waals surface area contributed by atoms with Crippen molar-refractivity contribution in [1.82, 2.24) is 0 Å². The molecule has 1 amide bonds. The van der Waals surface area contributed by atoms with Gasteiger partial charge < -0.3 is 18.9 Å². The van der Waals surface area contributed by atoms with E-state index >= 15 is 0 Å². The van der Waals surface area contributed by atoms with E-state index in [-0.39, 0.29) is 11.6 Å². The number of aliphatic imine (C=N–C) groups is 1. The van der Waals surface area contributed by atoms with Gasteiger partial charge in [0.2, 0.25) is 0 Å². The van der Waals surface area contributed by atoms with Crippen molar-refractivity contribution in [2.75, 3.05) is 33.3 Å². The van der Waals surface area contributed by atoms with Crippen LogP contribution in [-0.2, 0) is 4.79 Å². The summed E-state index contributed by atoms with van der Waals surface area (Å²) in [6.07, 6.45) is 1.71. The summed E-state index contributed by atoms with van der Waals surface area (Å²) in [5.74, 6) is 2.75. The van der Waals surface area contributed by atoms with Crippen molar-refractivity contribution in [3.8, 4) is 23.0 Å². The summed E-state index contributed by atoms with van der Waals surface area (Å²) in [5.41, 5.74) is 2.35. The maximum atomic E-state index is 13.6. The van der Waals surface area contributed by atoms with E-state index in [0.29, 0.717) is 45.6 Å². The quantitative estimate of drug-likeness (QED) is 0.500. The maximum absolute atomic E-state index is 13.6. The number of hydrogen-bond donors (Lipinski definition) is 0. The summed E-state index contributed by atoms with van der Waals surface area (Å²) >= 11 is 0. The molecule has 0 aromatic heterocycles. The third-order valence-corrected chi connectivity index (χ3v) is 5.27. The molecule has 0 saturated carbocycles. The van der Waals surface area contributed by atoms with Gasteiger partial charge in [0.1, 0.15) is 28.7 Å². The number of carbonyl (C=O) groups is 1. The molecule has 1 aliphatic rings. The molecule has 7 heteroatoms. The number of carbonyl (C=O) groups excluding carboxylic acids is 1. The summed E-state index contributed by atoms with van der Waals surface area (Å²) in [7, 11) is 6.35. The van der Waals surface area contributed by atoms with Crippen LogP contribution in [0.1, 0.15) is 11.1 Å². The fraction of sp³-hybridized carbons (Fsp3) is 0.154. The second kappa shape index (κ2) is 9.48. The van der Waals surface area contributed by atoms with Crippen LogP contribution in [0.5, 0.6) is 23.0 Å². The Labute approximate surface area is 192 Å². The highest BCUT2D eigenvalue weighted by atomic mass is 16.5. The summed E-state index contributed by atoms with van der Waals surface area (Å²) in [4.78, 5) is 19.9. The number of rotatable bonds is 7. The number of benzene rings is 3. The zero-order valence-electron chi connectivity index (χ0n) is 18.9. The van der Waals surface area contributed by atoms with E-state index in [9.17, 15) is 4.79 Å². The summed E-state index contributed by atoms with van der Waals surface area (Å²) < 4.78 is 21.6. The highest BCUT2D eigenvalue weighted by molar-refractivity contribution is 6.33. The third kappa shape index (κ3) is 4.25. The monoisotopic (exact) mass is 444 g/mol. The first-order valence-corrected chi connectivity index (χ1v) is 10.2. The van der Waals surface area contributed by atoms with Crippen LogP contribution in [0.3, 0.4) is 0 Å². The molecule has 33 heavy (non-hydrogen) atoms. The molecule has 0 N–H and O–H groups in total. The van der Waals surface area contributed by atoms with E-state index in [0.717, 1.165) is 0 Å². The highest BCUT2D eigenvalue weighted by Crippen LogP contribution is 2.33. The average Bonchev–Trinajstić information content (AvgIpc) is 3.19. The fourth-order valence-corrected chi connectivity index (χ4v) is 3.58. The Bertz CT molecular complexity index is 1230. The van der Waals surface area contributed by atoms with Crippen molar-refractivity contribution in [3.63, 3.8) is 0 Å². The van der Waals surface area contributed by atoms with E-state index in [1.807, 2.05) is 42.5 Å². The molecule has 0 spiro atoms. The number of hydrogen-bond acceptors (Lipinski definition) is 6. The largest absolute Gasteiger partial charge is 0.497 e. The molecule has 168 valence electrons. The Kier molecular flexibility index (Phi) is 6.31. The van der Waals surface area contributed by atoms with Crippen molar-refractivity contribution in [2.24, 2.45) is 4.99 Å². The van der Waals surface area contributed by atoms with E-state index in [1.165, 1.54) is 0 Å². The molecular formula is C26H24N2O5. The van der Waals surface area contributed by atoms with Gasteiger partial charge in [0.15, 0.2) is 5.84 Å². The van der Waals surface area contributed by atoms with Gasteiger partial charge in [-0.1, -0.05) is 12.1 Å². The standard InChI is InChI=1S/C26H24N2O5/c1-30-19-13-10-18(11-14-19)28-25(21-7-5-6-8-23(21)32-3)27-22(26(28)29)15-17-9-12-20(31-2)16-24(17)33-4/h5-16H,1-4H3/b22-15+. The number of ether oxygens (including phenoxy) is 4. The molecule has 3 aromatic carbocycles. The lowest BCUT2D eigenvalue weighted by Gasteiger charge is -2.20. The highest BCUT2D eigenvalue weighted by Gasteiger charge is 2.34. The minimum Gasteiger partial charge on any atom is -0.497 e. The normalized spacial score (nSPS) is 14.3. The lowest BCUT2D eigenvalue weighted by Crippen LogP contribution is -2.32. The van der Waals surface area contributed by atoms with Crippen LogP contribution in [0, 0.1) is 0 Å². The molecule has 7 nitrogen and oxygen atoms in total. The average molecular weight is 444 g/mol. The van der Waals surface area contributed by atoms with E-state index < -0.39 is 0 Å². The smallest absolute Gasteiger partial charge is 0.282 e. The van der Waals surface area contributed by atoms with Gasteiger partial charge in [0.25, 0.3) is 5.91 Å². The van der Waals surface area contributed by atoms with Gasteiger partial charge in [-0.15, -0.1) is 0 Å². The van der Waals surface area contributed by atoms with Crippen molar-refractivity contribution in [2.45, 2.75) is 0 Å². The second-order valence-corrected chi connectivity index (χ2v) is 7.11. The molecule has 1 aliphatic heterocycles. The lowest BCUT2D eigenvalue weighted by atomic mass is 10.1. The number of anilines is 1. The van der Waals surface area contributed by atoms with E-state index in [1.54, 1.807) is 63.7 Å². The van der Waals surface area contributed by atoms with Gasteiger partial charge in [0.05, 0.1) is 39.7 Å². The van der Waals surface area contributed by atoms with Crippen LogP contribution < -0.4 is 23.8 Å². The van der Waals surface area contributed by atoms with Crippen LogP contribution in [0.4, 0.5) is 5.69 Å². The van der Waals surface area contributed by atoms with Gasteiger partial charge in [-0.05, 0) is 54.6 Å². The molecular weight excluding hydrogens is 420 g/mol. The van der Waals surface area contributed by atoms with Crippen LogP contribution >= 0.6 is 0 Å². The first-order chi connectivity index (χ1) is 16.1. The number of para-hydroxylation sites is 1. The molecule has 0 radical (unpaired) electrons. The van der Waals surface area contributed by atoms with Crippen LogP contribution in [0.2, 0.25) is 0 Å². The molecule has 0 fully saturated rings. The summed E-state index contributed by atoms with van der Waals surface area (Å²) in [6.45, 7) is 0. The first kappa shape index (κ1) is 22.0. The van der Waals surface area contributed by atoms with E-state index in [2.05, 4.69) is 0 Å². The minimum absolute atomic E-state index is 0.265. The Hall–Kier alpha value is -4.26. The summed E-state index contributed by atoms with van der Waals surface area (Å²) in [6, 6.07) is 20.1. The van der Waals surface area contributed by atoms with Crippen molar-refractivity contribution in [3.05, 3.63) is 83.6 Å². The van der Waals surface area contributed by atoms with Crippen molar-refractivity contribution >= 4 is 23.5 Å². The zero-order valence-corrected chi connectivity index (χ0v) is 18.9. The van der Waals surface area contributed by atoms with Crippen LogP contribution in [-0.4, -0.2) is 40.2 Å². The Morgan fingerprint density at radius 2 is 1.42 bits per heavy atom. The maximum Gasteiger partial charge on any atom is 0.282 e. The molecule has 4 rings (SSSR count). The second-order valence-electron chi connectivity index (χ2n) is 7.11. The molecule has 0 atom stereocenters. The SMILES string of the molecule is COc1ccc(N2C(=O)/C(=C\c3ccc(OC)cc3OC)N=C2c2ccccc2OC)cc1. The molecule has 0 saturated heterocycles. The predicted octanol–water partition coefficient (Wildman–Crippen LogP) is 4.56. The molecule has 0 bridgehead atoms.